The van der Waals surface area contributed by atoms with Crippen molar-refractivity contribution in [3.8, 4) is 39.5 Å². The second-order valence-corrected chi connectivity index (χ2v) is 13.2. The zero-order valence-electron chi connectivity index (χ0n) is 27.0. The molecule has 0 aliphatic carbocycles. The van der Waals surface area contributed by atoms with Crippen LogP contribution in [0.2, 0.25) is 10.0 Å². The summed E-state index contributed by atoms with van der Waals surface area (Å²) in [5.74, 6) is 0.619. The quantitative estimate of drug-likeness (QED) is 0.166. The largest absolute Gasteiger partial charge is 0.481 e. The minimum atomic E-state index is 0.105. The number of ether oxygens (including phenoxy) is 1. The van der Waals surface area contributed by atoms with E-state index >= 15 is 0 Å². The fourth-order valence-corrected chi connectivity index (χ4v) is 7.69. The fraction of sp³-hybridized carbons (Fsp3) is 0.324. The third-order valence-corrected chi connectivity index (χ3v) is 10.3. The van der Waals surface area contributed by atoms with E-state index in [1.54, 1.807) is 13.3 Å². The van der Waals surface area contributed by atoms with Gasteiger partial charge >= 0.3 is 0 Å². The molecule has 1 amide bonds. The van der Waals surface area contributed by atoms with Crippen molar-refractivity contribution < 1.29 is 14.6 Å². The zero-order valence-corrected chi connectivity index (χ0v) is 28.5. The van der Waals surface area contributed by atoms with Gasteiger partial charge in [0.05, 0.1) is 35.1 Å². The van der Waals surface area contributed by atoms with Crippen LogP contribution >= 0.6 is 23.2 Å². The molecule has 11 heteroatoms. The number of rotatable bonds is 10. The molecule has 0 bridgehead atoms. The van der Waals surface area contributed by atoms with Gasteiger partial charge in [-0.1, -0.05) is 59.6 Å². The van der Waals surface area contributed by atoms with E-state index in [9.17, 15) is 9.90 Å². The van der Waals surface area contributed by atoms with Gasteiger partial charge in [-0.3, -0.25) is 14.7 Å². The van der Waals surface area contributed by atoms with E-state index in [0.29, 0.717) is 53.4 Å². The van der Waals surface area contributed by atoms with Crippen LogP contribution in [0.25, 0.3) is 44.5 Å². The molecule has 1 fully saturated rings. The molecule has 5 aromatic rings. The summed E-state index contributed by atoms with van der Waals surface area (Å²) in [6.45, 7) is 3.86. The summed E-state index contributed by atoms with van der Waals surface area (Å²) in [5.41, 5.74) is 9.34. The smallest absolute Gasteiger partial charge is 0.220 e. The van der Waals surface area contributed by atoms with E-state index in [-0.39, 0.29) is 18.6 Å². The Kier molecular flexibility index (Phi) is 9.40. The number of aliphatic hydroxyl groups is 1. The number of halogens is 2. The number of pyridine rings is 2. The number of nitrogens with one attached hydrogen (secondary N) is 2. The zero-order chi connectivity index (χ0) is 33.4. The highest BCUT2D eigenvalue weighted by Crippen LogP contribution is 2.42. The Morgan fingerprint density at radius 1 is 1.06 bits per heavy atom. The van der Waals surface area contributed by atoms with Crippen molar-refractivity contribution in [2.24, 2.45) is 7.05 Å². The Balaban J connectivity index is 1.17. The van der Waals surface area contributed by atoms with Crippen LogP contribution in [0.15, 0.2) is 60.8 Å². The molecule has 3 N–H and O–H groups in total. The van der Waals surface area contributed by atoms with Crippen molar-refractivity contribution in [3.05, 3.63) is 87.7 Å². The first-order valence-corrected chi connectivity index (χ1v) is 17.0. The predicted octanol–water partition coefficient (Wildman–Crippen LogP) is 6.00. The van der Waals surface area contributed by atoms with Gasteiger partial charge in [-0.2, -0.15) is 0 Å². The van der Waals surface area contributed by atoms with E-state index in [1.807, 2.05) is 36.4 Å². The number of hydrogen-bond acceptors (Lipinski definition) is 7. The van der Waals surface area contributed by atoms with E-state index in [2.05, 4.69) is 45.3 Å². The molecule has 1 atom stereocenters. The highest BCUT2D eigenvalue weighted by atomic mass is 35.5. The number of carbonyl (C=O) groups excluding carboxylic acids is 1. The normalized spacial score (nSPS) is 16.4. The van der Waals surface area contributed by atoms with Crippen LogP contribution in [0.1, 0.15) is 29.7 Å². The number of benzene rings is 2. The van der Waals surface area contributed by atoms with Gasteiger partial charge in [0.1, 0.15) is 0 Å². The number of β-amino-alcohol motifs (C(OH)–C–C–N with tert-alkyl or cyclic N) is 1. The van der Waals surface area contributed by atoms with Gasteiger partial charge in [0, 0.05) is 109 Å². The third-order valence-electron chi connectivity index (χ3n) is 9.55. The molecular formula is C37H38Cl2N6O3. The molecule has 9 nitrogen and oxygen atoms in total. The molecule has 0 spiro atoms. The number of fused-ring (bicyclic) bond motifs is 3. The lowest BCUT2D eigenvalue weighted by Crippen LogP contribution is -2.35. The van der Waals surface area contributed by atoms with E-state index in [0.717, 1.165) is 59.3 Å². The van der Waals surface area contributed by atoms with Gasteiger partial charge in [0.25, 0.3) is 0 Å². The summed E-state index contributed by atoms with van der Waals surface area (Å²) in [4.78, 5) is 23.3. The maximum atomic E-state index is 11.5. The molecule has 48 heavy (non-hydrogen) atoms. The van der Waals surface area contributed by atoms with Crippen molar-refractivity contribution in [2.45, 2.75) is 38.4 Å². The van der Waals surface area contributed by atoms with Crippen LogP contribution in [-0.2, 0) is 31.4 Å². The Morgan fingerprint density at radius 3 is 2.69 bits per heavy atom. The number of nitrogens with zero attached hydrogens (tertiary/aromatic N) is 4. The molecule has 7 rings (SSSR count). The van der Waals surface area contributed by atoms with Gasteiger partial charge in [-0.05, 0) is 30.2 Å². The Labute approximate surface area is 289 Å². The summed E-state index contributed by atoms with van der Waals surface area (Å²) in [6.07, 6.45) is 4.13. The topological polar surface area (TPSA) is 105 Å². The van der Waals surface area contributed by atoms with E-state index < -0.39 is 0 Å². The lowest BCUT2D eigenvalue weighted by atomic mass is 9.99. The number of methoxy groups -OCH3 is 1. The summed E-state index contributed by atoms with van der Waals surface area (Å²) in [6, 6.07) is 18.2. The van der Waals surface area contributed by atoms with Crippen molar-refractivity contribution in [1.29, 1.82) is 0 Å². The second kappa shape index (κ2) is 13.9. The molecule has 2 aromatic carbocycles. The van der Waals surface area contributed by atoms with E-state index in [4.69, 9.17) is 37.9 Å². The Hall–Kier alpha value is -3.99. The average Bonchev–Trinajstić information content (AvgIpc) is 3.64. The van der Waals surface area contributed by atoms with Crippen LogP contribution in [0.5, 0.6) is 5.88 Å². The first-order chi connectivity index (χ1) is 23.4. The average molecular weight is 686 g/mol. The molecule has 5 heterocycles. The Bertz CT molecular complexity index is 2010. The number of aromatic nitrogens is 3. The minimum Gasteiger partial charge on any atom is -0.481 e. The molecule has 0 radical (unpaired) electrons. The summed E-state index contributed by atoms with van der Waals surface area (Å²) < 4.78 is 7.94. The number of aliphatic hydroxyl groups excluding tert-OH is 1. The number of carbonyl (C=O) groups is 1. The molecule has 0 unspecified atom stereocenters. The SMILES string of the molecule is COc1nc(-c2cccc(-c3ccnc(-c4ccc5c6c(n(C)c5c4)CCN(CCO)C6)c3Cl)c2Cl)ccc1CNC[C@H]1CCC(=O)N1. The first kappa shape index (κ1) is 32.6. The second-order valence-electron chi connectivity index (χ2n) is 12.5. The van der Waals surface area contributed by atoms with Gasteiger partial charge in [0.15, 0.2) is 0 Å². The van der Waals surface area contributed by atoms with Crippen molar-refractivity contribution in [2.75, 3.05) is 33.4 Å². The minimum absolute atomic E-state index is 0.105. The van der Waals surface area contributed by atoms with Crippen LogP contribution in [0, 0.1) is 0 Å². The molecule has 3 aromatic heterocycles. The molecule has 248 valence electrons. The number of amides is 1. The lowest BCUT2D eigenvalue weighted by Gasteiger charge is -2.26. The lowest BCUT2D eigenvalue weighted by molar-refractivity contribution is -0.119. The maximum absolute atomic E-state index is 11.5. The van der Waals surface area contributed by atoms with Gasteiger partial charge in [-0.15, -0.1) is 0 Å². The first-order valence-electron chi connectivity index (χ1n) is 16.3. The third kappa shape index (κ3) is 6.17. The van der Waals surface area contributed by atoms with Crippen LogP contribution in [0.4, 0.5) is 0 Å². The highest BCUT2D eigenvalue weighted by Gasteiger charge is 2.24. The summed E-state index contributed by atoms with van der Waals surface area (Å²) in [7, 11) is 3.73. The molecule has 2 aliphatic heterocycles. The van der Waals surface area contributed by atoms with Crippen LogP contribution < -0.4 is 15.4 Å². The monoisotopic (exact) mass is 684 g/mol. The molecular weight excluding hydrogens is 647 g/mol. The number of aryl methyl sites for hydroxylation is 1. The van der Waals surface area contributed by atoms with E-state index in [1.165, 1.54) is 16.6 Å². The standard InChI is InChI=1S/C37H38Cl2N6O3/c1-44-31-13-15-45(16-17-46)21-29(31)25-9-6-22(18-32(25)44)36-35(39)27(12-14-41-36)26-4-3-5-28(34(26)38)30-10-7-23(37(43-30)48-2)19-40-20-24-8-11-33(47)42-24/h3-7,9-10,12,14,18,24,40,46H,8,11,13,15-17,19-21H2,1-2H3,(H,42,47)/t24-/m1/s1. The van der Waals surface area contributed by atoms with Crippen LogP contribution in [0.3, 0.4) is 0 Å². The summed E-state index contributed by atoms with van der Waals surface area (Å²) in [5, 5.41) is 18.1. The van der Waals surface area contributed by atoms with Crippen molar-refractivity contribution in [1.82, 2.24) is 30.1 Å². The van der Waals surface area contributed by atoms with Crippen LogP contribution in [-0.4, -0.2) is 69.8 Å². The van der Waals surface area contributed by atoms with Crippen molar-refractivity contribution in [3.63, 3.8) is 0 Å². The van der Waals surface area contributed by atoms with Gasteiger partial charge < -0.3 is 25.0 Å². The molecule has 1 saturated heterocycles. The molecule has 0 saturated carbocycles. The fourth-order valence-electron chi connectivity index (χ4n) is 7.04. The Morgan fingerprint density at radius 2 is 1.90 bits per heavy atom. The molecule has 2 aliphatic rings. The highest BCUT2D eigenvalue weighted by molar-refractivity contribution is 6.39. The predicted molar refractivity (Wildman–Crippen MR) is 190 cm³/mol. The van der Waals surface area contributed by atoms with Crippen molar-refractivity contribution >= 4 is 40.0 Å². The van der Waals surface area contributed by atoms with Gasteiger partial charge in [-0.25, -0.2) is 4.98 Å². The maximum Gasteiger partial charge on any atom is 0.220 e. The number of hydrogen-bond donors (Lipinski definition) is 3. The summed E-state index contributed by atoms with van der Waals surface area (Å²) >= 11 is 14.3. The van der Waals surface area contributed by atoms with Gasteiger partial charge in [0.2, 0.25) is 11.8 Å².